The van der Waals surface area contributed by atoms with Gasteiger partial charge in [-0.1, -0.05) is 0 Å². The number of carbonyl (C=O) groups is 1. The fraction of sp³-hybridized carbons (Fsp3) is 0.154. The summed E-state index contributed by atoms with van der Waals surface area (Å²) in [5.41, 5.74) is 2.71. The highest BCUT2D eigenvalue weighted by Gasteiger charge is 2.15. The van der Waals surface area contributed by atoms with E-state index in [0.29, 0.717) is 11.1 Å². The number of carbonyl (C=O) groups excluding carboxylic acids is 1. The normalized spacial score (nSPS) is 10.0. The molecule has 1 aromatic carbocycles. The van der Waals surface area contributed by atoms with E-state index in [1.54, 1.807) is 18.2 Å². The Bertz CT molecular complexity index is 688. The Morgan fingerprint density at radius 1 is 1.53 bits per heavy atom. The molecule has 0 radical (unpaired) electrons. The van der Waals surface area contributed by atoms with Gasteiger partial charge in [0, 0.05) is 4.47 Å². The van der Waals surface area contributed by atoms with Crippen molar-refractivity contribution in [3.63, 3.8) is 0 Å². The summed E-state index contributed by atoms with van der Waals surface area (Å²) in [5.74, 6) is -0.0153. The van der Waals surface area contributed by atoms with Crippen molar-refractivity contribution in [1.82, 2.24) is 4.37 Å². The first kappa shape index (κ1) is 13.7. The summed E-state index contributed by atoms with van der Waals surface area (Å²) < 4.78 is 4.96. The summed E-state index contributed by atoms with van der Waals surface area (Å²) in [6.07, 6.45) is 0. The van der Waals surface area contributed by atoms with Crippen LogP contribution < -0.4 is 5.32 Å². The van der Waals surface area contributed by atoms with Crippen LogP contribution in [0.3, 0.4) is 0 Å². The minimum absolute atomic E-state index is 0.0153. The van der Waals surface area contributed by atoms with Crippen molar-refractivity contribution in [2.45, 2.75) is 13.8 Å². The number of nitriles is 1. The number of anilines is 2. The van der Waals surface area contributed by atoms with Crippen molar-refractivity contribution in [2.75, 3.05) is 5.32 Å². The van der Waals surface area contributed by atoms with E-state index in [9.17, 15) is 4.79 Å². The van der Waals surface area contributed by atoms with Gasteiger partial charge in [0.25, 0.3) is 0 Å². The molecule has 2 aromatic rings. The standard InChI is InChI=1S/C13H10BrN3OS/c1-7-12(8(2)18)13(19-17-7)16-11-4-3-9(6-15)5-10(11)14/h3-5,16H,1-2H3. The van der Waals surface area contributed by atoms with Crippen LogP contribution in [0.5, 0.6) is 0 Å². The van der Waals surface area contributed by atoms with Crippen molar-refractivity contribution >= 4 is 43.9 Å². The van der Waals surface area contributed by atoms with Crippen LogP contribution in [-0.4, -0.2) is 10.2 Å². The van der Waals surface area contributed by atoms with E-state index >= 15 is 0 Å². The Labute approximate surface area is 123 Å². The van der Waals surface area contributed by atoms with Crippen LogP contribution in [-0.2, 0) is 0 Å². The molecular formula is C13H10BrN3OS. The molecule has 19 heavy (non-hydrogen) atoms. The predicted octanol–water partition coefficient (Wildman–Crippen LogP) is 4.03. The molecule has 1 aromatic heterocycles. The molecule has 6 heteroatoms. The molecule has 1 heterocycles. The van der Waals surface area contributed by atoms with Crippen molar-refractivity contribution in [3.8, 4) is 6.07 Å². The lowest BCUT2D eigenvalue weighted by molar-refractivity contribution is 0.101. The minimum atomic E-state index is -0.0153. The number of ketones is 1. The lowest BCUT2D eigenvalue weighted by atomic mass is 10.1. The number of rotatable bonds is 3. The second kappa shape index (κ2) is 5.51. The smallest absolute Gasteiger partial charge is 0.164 e. The Morgan fingerprint density at radius 2 is 2.26 bits per heavy atom. The molecule has 0 unspecified atom stereocenters. The molecule has 0 spiro atoms. The van der Waals surface area contributed by atoms with Gasteiger partial charge in [-0.05, 0) is 59.5 Å². The minimum Gasteiger partial charge on any atom is -0.344 e. The maximum atomic E-state index is 11.6. The average Bonchev–Trinajstić information content (AvgIpc) is 2.73. The summed E-state index contributed by atoms with van der Waals surface area (Å²) in [5, 5.41) is 12.7. The second-order valence-corrected chi connectivity index (χ2v) is 5.59. The van der Waals surface area contributed by atoms with Crippen LogP contribution in [0.15, 0.2) is 22.7 Å². The molecule has 0 aliphatic heterocycles. The van der Waals surface area contributed by atoms with Crippen LogP contribution in [0.1, 0.15) is 28.5 Å². The van der Waals surface area contributed by atoms with Gasteiger partial charge in [0.1, 0.15) is 5.00 Å². The summed E-state index contributed by atoms with van der Waals surface area (Å²) in [6, 6.07) is 7.31. The fourth-order valence-electron chi connectivity index (χ4n) is 1.68. The molecule has 0 fully saturated rings. The fourth-order valence-corrected chi connectivity index (χ4v) is 3.01. The third-order valence-electron chi connectivity index (χ3n) is 2.56. The van der Waals surface area contributed by atoms with Crippen LogP contribution in [0.4, 0.5) is 10.7 Å². The quantitative estimate of drug-likeness (QED) is 0.860. The molecule has 0 saturated carbocycles. The topological polar surface area (TPSA) is 65.8 Å². The highest BCUT2D eigenvalue weighted by molar-refractivity contribution is 9.10. The summed E-state index contributed by atoms with van der Waals surface area (Å²) in [4.78, 5) is 11.6. The first-order valence-corrected chi connectivity index (χ1v) is 7.03. The van der Waals surface area contributed by atoms with Gasteiger partial charge in [-0.15, -0.1) is 0 Å². The lowest BCUT2D eigenvalue weighted by Gasteiger charge is -2.07. The summed E-state index contributed by atoms with van der Waals surface area (Å²) in [7, 11) is 0. The van der Waals surface area contributed by atoms with E-state index in [4.69, 9.17) is 5.26 Å². The zero-order chi connectivity index (χ0) is 14.0. The van der Waals surface area contributed by atoms with Crippen molar-refractivity contribution in [2.24, 2.45) is 0 Å². The molecule has 0 amide bonds. The number of aryl methyl sites for hydroxylation is 1. The maximum absolute atomic E-state index is 11.6. The van der Waals surface area contributed by atoms with E-state index in [-0.39, 0.29) is 5.78 Å². The number of nitrogens with zero attached hydrogens (tertiary/aromatic N) is 2. The first-order valence-electron chi connectivity index (χ1n) is 5.47. The molecule has 2 rings (SSSR count). The summed E-state index contributed by atoms with van der Waals surface area (Å²) >= 11 is 4.65. The molecule has 0 bridgehead atoms. The van der Waals surface area contributed by atoms with E-state index in [1.807, 2.05) is 6.92 Å². The van der Waals surface area contributed by atoms with Crippen LogP contribution >= 0.6 is 27.5 Å². The number of hydrogen-bond donors (Lipinski definition) is 1. The van der Waals surface area contributed by atoms with Gasteiger partial charge in [0.05, 0.1) is 28.6 Å². The van der Waals surface area contributed by atoms with E-state index in [2.05, 4.69) is 31.7 Å². The van der Waals surface area contributed by atoms with Crippen molar-refractivity contribution in [3.05, 3.63) is 39.5 Å². The molecule has 0 saturated heterocycles. The Kier molecular flexibility index (Phi) is 3.98. The van der Waals surface area contributed by atoms with Crippen LogP contribution in [0.2, 0.25) is 0 Å². The van der Waals surface area contributed by atoms with Crippen molar-refractivity contribution in [1.29, 1.82) is 5.26 Å². The van der Waals surface area contributed by atoms with Gasteiger partial charge in [-0.25, -0.2) is 0 Å². The molecule has 1 N–H and O–H groups in total. The molecule has 0 atom stereocenters. The third-order valence-corrected chi connectivity index (χ3v) is 4.07. The largest absolute Gasteiger partial charge is 0.344 e. The molecule has 96 valence electrons. The highest BCUT2D eigenvalue weighted by Crippen LogP contribution is 2.32. The average molecular weight is 336 g/mol. The Morgan fingerprint density at radius 3 is 2.84 bits per heavy atom. The van der Waals surface area contributed by atoms with Gasteiger partial charge in [0.2, 0.25) is 0 Å². The van der Waals surface area contributed by atoms with E-state index < -0.39 is 0 Å². The highest BCUT2D eigenvalue weighted by atomic mass is 79.9. The maximum Gasteiger partial charge on any atom is 0.164 e. The number of hydrogen-bond acceptors (Lipinski definition) is 5. The first-order chi connectivity index (χ1) is 9.02. The number of benzene rings is 1. The molecule has 4 nitrogen and oxygen atoms in total. The lowest BCUT2D eigenvalue weighted by Crippen LogP contribution is -1.99. The summed E-state index contributed by atoms with van der Waals surface area (Å²) in [6.45, 7) is 3.34. The monoisotopic (exact) mass is 335 g/mol. The number of halogens is 1. The molecular weight excluding hydrogens is 326 g/mol. The number of aromatic nitrogens is 1. The van der Waals surface area contributed by atoms with Crippen LogP contribution in [0, 0.1) is 18.3 Å². The van der Waals surface area contributed by atoms with Gasteiger partial charge in [-0.3, -0.25) is 4.79 Å². The van der Waals surface area contributed by atoms with Gasteiger partial charge < -0.3 is 5.32 Å². The third kappa shape index (κ3) is 2.83. The van der Waals surface area contributed by atoms with E-state index in [0.717, 1.165) is 20.9 Å². The zero-order valence-corrected chi connectivity index (χ0v) is 12.7. The number of nitrogens with one attached hydrogen (secondary N) is 1. The molecule has 0 aliphatic rings. The SMILES string of the molecule is CC(=O)c1c(C)nsc1Nc1ccc(C#N)cc1Br. The van der Waals surface area contributed by atoms with Gasteiger partial charge >= 0.3 is 0 Å². The van der Waals surface area contributed by atoms with Crippen LogP contribution in [0.25, 0.3) is 0 Å². The number of Topliss-reactive ketones (excluding diaryl/α,β-unsaturated/α-hetero) is 1. The van der Waals surface area contributed by atoms with Gasteiger partial charge in [-0.2, -0.15) is 9.64 Å². The zero-order valence-electron chi connectivity index (χ0n) is 10.3. The Balaban J connectivity index is 2.37. The molecule has 0 aliphatic carbocycles. The second-order valence-electron chi connectivity index (χ2n) is 3.96. The van der Waals surface area contributed by atoms with Crippen molar-refractivity contribution < 1.29 is 4.79 Å². The Hall–Kier alpha value is -1.71. The van der Waals surface area contributed by atoms with E-state index in [1.165, 1.54) is 18.5 Å². The predicted molar refractivity (Wildman–Crippen MR) is 79.0 cm³/mol. The van der Waals surface area contributed by atoms with Gasteiger partial charge in [0.15, 0.2) is 5.78 Å².